The van der Waals surface area contributed by atoms with Crippen LogP contribution in [0.2, 0.25) is 0 Å². The van der Waals surface area contributed by atoms with Gasteiger partial charge in [-0.2, -0.15) is 8.78 Å². The molecular formula is C21H26F2N2O4S. The molecule has 0 aromatic heterocycles. The summed E-state index contributed by atoms with van der Waals surface area (Å²) in [5, 5.41) is 2.78. The molecule has 0 bridgehead atoms. The molecule has 0 aliphatic carbocycles. The molecule has 0 fully saturated rings. The Morgan fingerprint density at radius 3 is 2.23 bits per heavy atom. The normalized spacial score (nSPS) is 13.7. The summed E-state index contributed by atoms with van der Waals surface area (Å²) < 4.78 is 57.1. The molecule has 2 unspecified atom stereocenters. The molecule has 1 amide bonds. The Morgan fingerprint density at radius 1 is 1.03 bits per heavy atom. The monoisotopic (exact) mass is 440 g/mol. The van der Waals surface area contributed by atoms with E-state index in [0.29, 0.717) is 18.4 Å². The number of sulfonamides is 1. The van der Waals surface area contributed by atoms with Crippen molar-refractivity contribution in [2.24, 2.45) is 0 Å². The molecule has 0 saturated heterocycles. The van der Waals surface area contributed by atoms with Crippen LogP contribution in [-0.2, 0) is 10.0 Å². The summed E-state index contributed by atoms with van der Waals surface area (Å²) in [4.78, 5) is 12.7. The lowest BCUT2D eigenvalue weighted by Crippen LogP contribution is -2.32. The molecule has 164 valence electrons. The van der Waals surface area contributed by atoms with E-state index >= 15 is 0 Å². The van der Waals surface area contributed by atoms with E-state index < -0.39 is 28.6 Å². The van der Waals surface area contributed by atoms with Gasteiger partial charge in [-0.05, 0) is 50.1 Å². The molecule has 2 N–H and O–H groups in total. The van der Waals surface area contributed by atoms with E-state index in [4.69, 9.17) is 0 Å². The number of para-hydroxylation sites is 1. The fourth-order valence-electron chi connectivity index (χ4n) is 2.81. The predicted octanol–water partition coefficient (Wildman–Crippen LogP) is 4.25. The number of alkyl halides is 2. The predicted molar refractivity (Wildman–Crippen MR) is 110 cm³/mol. The van der Waals surface area contributed by atoms with Crippen LogP contribution in [0.25, 0.3) is 0 Å². The minimum atomic E-state index is -3.67. The topological polar surface area (TPSA) is 84.5 Å². The van der Waals surface area contributed by atoms with Crippen molar-refractivity contribution in [2.45, 2.75) is 57.2 Å². The van der Waals surface area contributed by atoms with E-state index in [1.54, 1.807) is 32.0 Å². The highest BCUT2D eigenvalue weighted by atomic mass is 32.2. The zero-order valence-corrected chi connectivity index (χ0v) is 17.9. The summed E-state index contributed by atoms with van der Waals surface area (Å²) in [7, 11) is -3.67. The first-order valence-corrected chi connectivity index (χ1v) is 11.1. The van der Waals surface area contributed by atoms with E-state index in [1.165, 1.54) is 30.3 Å². The van der Waals surface area contributed by atoms with Crippen molar-refractivity contribution in [3.63, 3.8) is 0 Å². The van der Waals surface area contributed by atoms with Gasteiger partial charge in [-0.1, -0.05) is 32.0 Å². The molecule has 0 radical (unpaired) electrons. The molecule has 0 heterocycles. The molecule has 0 spiro atoms. The Labute approximate surface area is 175 Å². The number of rotatable bonds is 10. The smallest absolute Gasteiger partial charge is 0.387 e. The van der Waals surface area contributed by atoms with Crippen molar-refractivity contribution in [1.29, 1.82) is 0 Å². The molecule has 0 saturated carbocycles. The summed E-state index contributed by atoms with van der Waals surface area (Å²) in [6.45, 7) is 2.47. The van der Waals surface area contributed by atoms with Crippen LogP contribution in [0, 0.1) is 0 Å². The first-order valence-electron chi connectivity index (χ1n) is 9.64. The number of ether oxygens (including phenoxy) is 1. The quantitative estimate of drug-likeness (QED) is 0.579. The van der Waals surface area contributed by atoms with Crippen LogP contribution in [0.1, 0.15) is 55.6 Å². The molecule has 9 heteroatoms. The summed E-state index contributed by atoms with van der Waals surface area (Å²) in [5.41, 5.74) is 0.689. The van der Waals surface area contributed by atoms with E-state index in [1.807, 2.05) is 6.92 Å². The highest BCUT2D eigenvalue weighted by Gasteiger charge is 2.21. The van der Waals surface area contributed by atoms with Crippen LogP contribution in [0.5, 0.6) is 5.75 Å². The molecular weight excluding hydrogens is 414 g/mol. The minimum absolute atomic E-state index is 0.00258. The number of nitrogens with one attached hydrogen (secondary N) is 2. The second-order valence-corrected chi connectivity index (χ2v) is 8.52. The maximum Gasteiger partial charge on any atom is 0.387 e. The van der Waals surface area contributed by atoms with E-state index in [2.05, 4.69) is 14.8 Å². The van der Waals surface area contributed by atoms with Crippen LogP contribution < -0.4 is 14.8 Å². The average Bonchev–Trinajstić information content (AvgIpc) is 2.71. The number of amides is 1. The minimum Gasteiger partial charge on any atom is -0.434 e. The van der Waals surface area contributed by atoms with Gasteiger partial charge in [-0.15, -0.1) is 0 Å². The van der Waals surface area contributed by atoms with E-state index in [9.17, 15) is 22.0 Å². The number of carbonyl (C=O) groups excluding carboxylic acids is 1. The second kappa shape index (κ2) is 10.5. The first-order chi connectivity index (χ1) is 14.2. The largest absolute Gasteiger partial charge is 0.434 e. The molecule has 6 nitrogen and oxygen atoms in total. The standard InChI is InChI=1S/C21H26F2N2O4S/c1-4-14(3)25-30(27,28)16-12-10-15(11-13-16)20(26)24-18(5-2)17-8-6-7-9-19(17)29-21(22)23/h6-14,18,21,25H,4-5H2,1-3H3,(H,24,26). The van der Waals surface area contributed by atoms with Crippen molar-refractivity contribution in [2.75, 3.05) is 0 Å². The molecule has 2 rings (SSSR count). The molecule has 2 aromatic rings. The lowest BCUT2D eigenvalue weighted by atomic mass is 10.0. The fourth-order valence-corrected chi connectivity index (χ4v) is 4.14. The van der Waals surface area contributed by atoms with Crippen LogP contribution in [-0.4, -0.2) is 27.0 Å². The highest BCUT2D eigenvalue weighted by molar-refractivity contribution is 7.89. The number of halogens is 2. The second-order valence-electron chi connectivity index (χ2n) is 6.81. The van der Waals surface area contributed by atoms with Gasteiger partial charge < -0.3 is 10.1 Å². The Kier molecular flexibility index (Phi) is 8.31. The third-order valence-corrected chi connectivity index (χ3v) is 6.23. The molecule has 0 aliphatic rings. The zero-order valence-electron chi connectivity index (χ0n) is 17.1. The van der Waals surface area contributed by atoms with Crippen LogP contribution in [0.15, 0.2) is 53.4 Å². The summed E-state index contributed by atoms with van der Waals surface area (Å²) in [6.07, 6.45) is 1.09. The van der Waals surface area contributed by atoms with Crippen molar-refractivity contribution < 1.29 is 26.7 Å². The number of hydrogen-bond donors (Lipinski definition) is 2. The van der Waals surface area contributed by atoms with Gasteiger partial charge in [0.2, 0.25) is 10.0 Å². The lowest BCUT2D eigenvalue weighted by molar-refractivity contribution is -0.0506. The Morgan fingerprint density at radius 2 is 1.67 bits per heavy atom. The summed E-state index contributed by atoms with van der Waals surface area (Å²) in [6, 6.07) is 11.0. The number of carbonyl (C=O) groups is 1. The van der Waals surface area contributed by atoms with E-state index in [-0.39, 0.29) is 22.3 Å². The van der Waals surface area contributed by atoms with Gasteiger partial charge in [0.05, 0.1) is 10.9 Å². The molecule has 2 aromatic carbocycles. The highest BCUT2D eigenvalue weighted by Crippen LogP contribution is 2.28. The maximum absolute atomic E-state index is 12.7. The Hall–Kier alpha value is -2.52. The van der Waals surface area contributed by atoms with Crippen LogP contribution in [0.4, 0.5) is 8.78 Å². The maximum atomic E-state index is 12.7. The van der Waals surface area contributed by atoms with Crippen molar-refractivity contribution in [3.05, 3.63) is 59.7 Å². The average molecular weight is 441 g/mol. The third kappa shape index (κ3) is 6.24. The first kappa shape index (κ1) is 23.8. The zero-order chi connectivity index (χ0) is 22.3. The summed E-state index contributed by atoms with van der Waals surface area (Å²) in [5.74, 6) is -0.454. The Bertz CT molecular complexity index is 950. The van der Waals surface area contributed by atoms with Gasteiger partial charge in [0, 0.05) is 17.2 Å². The molecule has 0 aliphatic heterocycles. The molecule has 30 heavy (non-hydrogen) atoms. The van der Waals surface area contributed by atoms with Crippen molar-refractivity contribution >= 4 is 15.9 Å². The fraction of sp³-hybridized carbons (Fsp3) is 0.381. The van der Waals surface area contributed by atoms with Gasteiger partial charge in [0.15, 0.2) is 0 Å². The summed E-state index contributed by atoms with van der Waals surface area (Å²) >= 11 is 0. The van der Waals surface area contributed by atoms with Crippen LogP contribution >= 0.6 is 0 Å². The number of benzene rings is 2. The van der Waals surface area contributed by atoms with E-state index in [0.717, 1.165) is 0 Å². The SMILES string of the molecule is CCC(C)NS(=O)(=O)c1ccc(C(=O)NC(CC)c2ccccc2OC(F)F)cc1. The third-order valence-electron chi connectivity index (χ3n) is 4.62. The molecule has 2 atom stereocenters. The Balaban J connectivity index is 2.17. The lowest BCUT2D eigenvalue weighted by Gasteiger charge is -2.20. The van der Waals surface area contributed by atoms with Crippen LogP contribution in [0.3, 0.4) is 0 Å². The van der Waals surface area contributed by atoms with Crippen molar-refractivity contribution in [3.8, 4) is 5.75 Å². The number of hydrogen-bond acceptors (Lipinski definition) is 4. The van der Waals surface area contributed by atoms with Gasteiger partial charge >= 0.3 is 6.61 Å². The van der Waals surface area contributed by atoms with Gasteiger partial charge in [-0.25, -0.2) is 13.1 Å². The van der Waals surface area contributed by atoms with Gasteiger partial charge in [0.25, 0.3) is 5.91 Å². The van der Waals surface area contributed by atoms with Gasteiger partial charge in [0.1, 0.15) is 5.75 Å². The van der Waals surface area contributed by atoms with Crippen molar-refractivity contribution in [1.82, 2.24) is 10.0 Å². The van der Waals surface area contributed by atoms with Gasteiger partial charge in [-0.3, -0.25) is 4.79 Å².